The third kappa shape index (κ3) is 28.3. The van der Waals surface area contributed by atoms with Gasteiger partial charge in [-0.05, 0) is 69.6 Å². The van der Waals surface area contributed by atoms with Crippen molar-refractivity contribution in [2.75, 3.05) is 13.2 Å². The SMILES string of the molecule is CC/C=C/CCCCCCCCCCCCCOC(=O)c1ccc(S(=O)(=O)[O-])cc1C(=O)OCCCCCCCCCCCCC/C=C/CC.[K+]. The Morgan fingerprint density at radius 1 is 0.529 bits per heavy atom. The molecule has 1 rings (SSSR count). The van der Waals surface area contributed by atoms with Gasteiger partial charge in [0.2, 0.25) is 0 Å². The average molecular weight is 757 g/mol. The van der Waals surface area contributed by atoms with E-state index in [2.05, 4.69) is 38.2 Å². The fourth-order valence-electron chi connectivity index (χ4n) is 5.99. The Kier molecular flexibility index (Phi) is 34.4. The first-order chi connectivity index (χ1) is 24.3. The van der Waals surface area contributed by atoms with Gasteiger partial charge < -0.3 is 14.0 Å². The Morgan fingerprint density at radius 2 is 0.863 bits per heavy atom. The van der Waals surface area contributed by atoms with E-state index in [1.165, 1.54) is 103 Å². The predicted molar refractivity (Wildman–Crippen MR) is 205 cm³/mol. The number of hydrogen-bond acceptors (Lipinski definition) is 7. The minimum atomic E-state index is -4.81. The summed E-state index contributed by atoms with van der Waals surface area (Å²) < 4.78 is 45.6. The quantitative estimate of drug-likeness (QED) is 0.0231. The van der Waals surface area contributed by atoms with Gasteiger partial charge in [-0.1, -0.05) is 154 Å². The van der Waals surface area contributed by atoms with E-state index in [0.29, 0.717) is 12.8 Å². The zero-order valence-electron chi connectivity index (χ0n) is 32.6. The van der Waals surface area contributed by atoms with Crippen LogP contribution in [0.5, 0.6) is 0 Å². The number of rotatable bonds is 33. The second-order valence-electron chi connectivity index (χ2n) is 13.5. The molecule has 0 atom stereocenters. The molecule has 0 aliphatic heterocycles. The normalized spacial score (nSPS) is 11.7. The molecule has 0 radical (unpaired) electrons. The Morgan fingerprint density at radius 3 is 1.22 bits per heavy atom. The summed E-state index contributed by atoms with van der Waals surface area (Å²) >= 11 is 0. The van der Waals surface area contributed by atoms with Crippen LogP contribution in [-0.4, -0.2) is 38.1 Å². The first kappa shape index (κ1) is 50.2. The second-order valence-corrected chi connectivity index (χ2v) is 14.9. The van der Waals surface area contributed by atoms with Crippen LogP contribution in [0.1, 0.15) is 202 Å². The number of allylic oxidation sites excluding steroid dienone is 4. The zero-order valence-corrected chi connectivity index (χ0v) is 36.5. The zero-order chi connectivity index (χ0) is 36.5. The van der Waals surface area contributed by atoms with Crippen molar-refractivity contribution in [1.29, 1.82) is 0 Å². The standard InChI is InChI=1S/C42H70O7S.K/c1-3-5-7-9-11-13-15-17-19-21-23-25-27-29-31-35-48-41(43)39-34-33-38(50(45,46)47)37-40(39)42(44)49-36-32-30-28-26-24-22-20-18-16-14-12-10-8-6-4-2;/h5-8,33-34,37H,3-4,9-32,35-36H2,1-2H3,(H,45,46,47);/q;+1/p-1/b7-5+,8-6+;. The molecule has 0 saturated heterocycles. The summed E-state index contributed by atoms with van der Waals surface area (Å²) in [7, 11) is -4.81. The Bertz CT molecular complexity index is 1180. The molecule has 0 unspecified atom stereocenters. The molecular formula is C42H69KO7S. The molecule has 0 spiro atoms. The van der Waals surface area contributed by atoms with Gasteiger partial charge in [0.1, 0.15) is 10.1 Å². The number of carbonyl (C=O) groups excluding carboxylic acids is 2. The van der Waals surface area contributed by atoms with E-state index in [4.69, 9.17) is 9.47 Å². The van der Waals surface area contributed by atoms with Crippen molar-refractivity contribution in [3.63, 3.8) is 0 Å². The van der Waals surface area contributed by atoms with E-state index >= 15 is 0 Å². The minimum Gasteiger partial charge on any atom is -0.744 e. The van der Waals surface area contributed by atoms with E-state index < -0.39 is 27.0 Å². The molecule has 0 bridgehead atoms. The van der Waals surface area contributed by atoms with E-state index in [1.54, 1.807) is 0 Å². The van der Waals surface area contributed by atoms with Gasteiger partial charge in [0.25, 0.3) is 0 Å². The van der Waals surface area contributed by atoms with Crippen LogP contribution in [-0.2, 0) is 19.6 Å². The van der Waals surface area contributed by atoms with Crippen molar-refractivity contribution in [1.82, 2.24) is 0 Å². The summed E-state index contributed by atoms with van der Waals surface area (Å²) in [6, 6.07) is 3.13. The fraction of sp³-hybridized carbons (Fsp3) is 0.714. The molecule has 1 aromatic rings. The van der Waals surface area contributed by atoms with Gasteiger partial charge in [0.05, 0.1) is 29.2 Å². The van der Waals surface area contributed by atoms with E-state index in [-0.39, 0.29) is 75.7 Å². The molecule has 7 nitrogen and oxygen atoms in total. The van der Waals surface area contributed by atoms with Crippen LogP contribution < -0.4 is 51.4 Å². The van der Waals surface area contributed by atoms with Crippen molar-refractivity contribution in [2.45, 2.75) is 186 Å². The summed E-state index contributed by atoms with van der Waals surface area (Å²) in [5, 5.41) is 0. The molecule has 0 N–H and O–H groups in total. The summed E-state index contributed by atoms with van der Waals surface area (Å²) in [6.45, 7) is 4.70. The van der Waals surface area contributed by atoms with Gasteiger partial charge >= 0.3 is 63.3 Å². The largest absolute Gasteiger partial charge is 1.00 e. The van der Waals surface area contributed by atoms with Gasteiger partial charge in [-0.3, -0.25) is 0 Å². The molecule has 1 aromatic carbocycles. The van der Waals surface area contributed by atoms with Crippen LogP contribution in [0.15, 0.2) is 47.4 Å². The van der Waals surface area contributed by atoms with Gasteiger partial charge in [0, 0.05) is 0 Å². The molecular weight excluding hydrogens is 688 g/mol. The van der Waals surface area contributed by atoms with Crippen LogP contribution in [0, 0.1) is 0 Å². The average Bonchev–Trinajstić information content (AvgIpc) is 3.10. The van der Waals surface area contributed by atoms with Crippen LogP contribution in [0.25, 0.3) is 0 Å². The minimum absolute atomic E-state index is 0. The Hall–Kier alpha value is -0.814. The van der Waals surface area contributed by atoms with Crippen molar-refractivity contribution in [3.05, 3.63) is 53.6 Å². The number of ether oxygens (including phenoxy) is 2. The van der Waals surface area contributed by atoms with Gasteiger partial charge in [-0.2, -0.15) is 0 Å². The topological polar surface area (TPSA) is 110 Å². The maximum atomic E-state index is 12.9. The molecule has 0 amide bonds. The third-order valence-corrected chi connectivity index (χ3v) is 9.85. The molecule has 51 heavy (non-hydrogen) atoms. The Balaban J connectivity index is 0.0000250. The Labute approximate surface area is 354 Å². The maximum Gasteiger partial charge on any atom is 1.00 e. The third-order valence-electron chi connectivity index (χ3n) is 9.02. The molecule has 9 heteroatoms. The number of esters is 2. The number of carbonyl (C=O) groups is 2. The number of unbranched alkanes of at least 4 members (excludes halogenated alkanes) is 22. The first-order valence-corrected chi connectivity index (χ1v) is 21.5. The number of hydrogen-bond donors (Lipinski definition) is 0. The van der Waals surface area contributed by atoms with Crippen molar-refractivity contribution in [3.8, 4) is 0 Å². The second kappa shape index (κ2) is 34.9. The maximum absolute atomic E-state index is 12.9. The first-order valence-electron chi connectivity index (χ1n) is 20.0. The molecule has 0 aliphatic rings. The van der Waals surface area contributed by atoms with Gasteiger partial charge in [-0.15, -0.1) is 0 Å². The van der Waals surface area contributed by atoms with E-state index in [9.17, 15) is 22.6 Å². The summed E-state index contributed by atoms with van der Waals surface area (Å²) in [4.78, 5) is 25.1. The molecule has 0 saturated carbocycles. The molecule has 0 aliphatic carbocycles. The smallest absolute Gasteiger partial charge is 0.744 e. The van der Waals surface area contributed by atoms with Gasteiger partial charge in [0.15, 0.2) is 0 Å². The summed E-state index contributed by atoms with van der Waals surface area (Å²) in [5.41, 5.74) is -0.342. The molecule has 286 valence electrons. The molecule has 0 aromatic heterocycles. The van der Waals surface area contributed by atoms with E-state index in [0.717, 1.165) is 69.6 Å². The molecule has 0 heterocycles. The monoisotopic (exact) mass is 756 g/mol. The summed E-state index contributed by atoms with van der Waals surface area (Å²) in [6.07, 6.45) is 39.3. The van der Waals surface area contributed by atoms with Crippen LogP contribution in [0.2, 0.25) is 0 Å². The van der Waals surface area contributed by atoms with Gasteiger partial charge in [-0.25, -0.2) is 18.0 Å². The van der Waals surface area contributed by atoms with Crippen LogP contribution in [0.4, 0.5) is 0 Å². The van der Waals surface area contributed by atoms with E-state index in [1.807, 2.05) is 0 Å². The number of benzene rings is 1. The summed E-state index contributed by atoms with van der Waals surface area (Å²) in [5.74, 6) is -1.55. The van der Waals surface area contributed by atoms with Crippen molar-refractivity contribution in [2.24, 2.45) is 0 Å². The van der Waals surface area contributed by atoms with Crippen molar-refractivity contribution >= 4 is 22.1 Å². The van der Waals surface area contributed by atoms with Crippen molar-refractivity contribution < 1.29 is 83.4 Å². The predicted octanol–water partition coefficient (Wildman–Crippen LogP) is 9.20. The fourth-order valence-corrected chi connectivity index (χ4v) is 6.49. The van der Waals surface area contributed by atoms with Crippen LogP contribution >= 0.6 is 0 Å². The van der Waals surface area contributed by atoms with Crippen LogP contribution in [0.3, 0.4) is 0 Å². The molecule has 0 fully saturated rings.